The summed E-state index contributed by atoms with van der Waals surface area (Å²) in [5, 5.41) is 3.10. The first-order valence-electron chi connectivity index (χ1n) is 7.12. The maximum atomic E-state index is 11.9. The summed E-state index contributed by atoms with van der Waals surface area (Å²) in [6.45, 7) is 2.16. The van der Waals surface area contributed by atoms with Gasteiger partial charge in [0.1, 0.15) is 11.5 Å². The van der Waals surface area contributed by atoms with Gasteiger partial charge in [-0.3, -0.25) is 19.1 Å². The minimum atomic E-state index is -0.515. The summed E-state index contributed by atoms with van der Waals surface area (Å²) in [5.41, 5.74) is 10.4. The normalized spacial score (nSPS) is 22.0. The first kappa shape index (κ1) is 15.1. The van der Waals surface area contributed by atoms with E-state index < -0.39 is 11.2 Å². The number of nitrogen functional groups attached to an aromatic ring is 1. The van der Waals surface area contributed by atoms with E-state index in [1.54, 1.807) is 6.92 Å². The highest BCUT2D eigenvalue weighted by molar-refractivity contribution is 5.76. The molecule has 0 atom stereocenters. The topological polar surface area (TPSA) is 136 Å². The molecule has 1 aromatic heterocycles. The SMILES string of the molecule is CCn1c(N)c(NC2CCC(C(N)=O)CC2)c(=O)[nH]c1=O. The maximum absolute atomic E-state index is 11.9. The Morgan fingerprint density at radius 3 is 2.48 bits per heavy atom. The minimum Gasteiger partial charge on any atom is -0.383 e. The molecule has 0 aliphatic heterocycles. The van der Waals surface area contributed by atoms with Gasteiger partial charge in [-0.15, -0.1) is 0 Å². The second-order valence-corrected chi connectivity index (χ2v) is 5.36. The number of carbonyl (C=O) groups excluding carboxylic acids is 1. The average molecular weight is 295 g/mol. The number of carbonyl (C=O) groups is 1. The molecule has 8 heteroatoms. The van der Waals surface area contributed by atoms with Crippen LogP contribution in [-0.4, -0.2) is 21.5 Å². The third kappa shape index (κ3) is 3.09. The highest BCUT2D eigenvalue weighted by atomic mass is 16.2. The molecule has 1 heterocycles. The van der Waals surface area contributed by atoms with E-state index in [4.69, 9.17) is 11.5 Å². The van der Waals surface area contributed by atoms with E-state index >= 15 is 0 Å². The molecule has 1 amide bonds. The molecule has 1 saturated carbocycles. The Labute approximate surface area is 121 Å². The van der Waals surface area contributed by atoms with Crippen LogP contribution in [0.15, 0.2) is 9.59 Å². The van der Waals surface area contributed by atoms with E-state index in [0.717, 1.165) is 12.8 Å². The van der Waals surface area contributed by atoms with Crippen LogP contribution in [0, 0.1) is 5.92 Å². The molecule has 0 saturated heterocycles. The van der Waals surface area contributed by atoms with E-state index in [-0.39, 0.29) is 29.4 Å². The Bertz CT molecular complexity index is 640. The fourth-order valence-electron chi connectivity index (χ4n) is 2.77. The van der Waals surface area contributed by atoms with Gasteiger partial charge in [0.05, 0.1) is 0 Å². The number of hydrogen-bond acceptors (Lipinski definition) is 5. The lowest BCUT2D eigenvalue weighted by atomic mass is 9.85. The number of aromatic amines is 1. The zero-order valence-corrected chi connectivity index (χ0v) is 12.0. The Hall–Kier alpha value is -2.25. The van der Waals surface area contributed by atoms with Crippen molar-refractivity contribution in [2.75, 3.05) is 11.1 Å². The lowest BCUT2D eigenvalue weighted by molar-refractivity contribution is -0.122. The molecule has 1 aliphatic carbocycles. The number of primary amides is 1. The van der Waals surface area contributed by atoms with Crippen LogP contribution in [0.25, 0.3) is 0 Å². The van der Waals surface area contributed by atoms with Crippen molar-refractivity contribution >= 4 is 17.4 Å². The zero-order chi connectivity index (χ0) is 15.6. The van der Waals surface area contributed by atoms with Gasteiger partial charge in [0.15, 0.2) is 0 Å². The first-order chi connectivity index (χ1) is 9.93. The number of H-pyrrole nitrogens is 1. The van der Waals surface area contributed by atoms with Crippen LogP contribution in [0.2, 0.25) is 0 Å². The van der Waals surface area contributed by atoms with Crippen LogP contribution >= 0.6 is 0 Å². The Balaban J connectivity index is 2.16. The van der Waals surface area contributed by atoms with Gasteiger partial charge in [-0.25, -0.2) is 4.79 Å². The monoisotopic (exact) mass is 295 g/mol. The summed E-state index contributed by atoms with van der Waals surface area (Å²) < 4.78 is 1.30. The Kier molecular flexibility index (Phi) is 4.35. The summed E-state index contributed by atoms with van der Waals surface area (Å²) in [5.74, 6) is -0.225. The van der Waals surface area contributed by atoms with Gasteiger partial charge < -0.3 is 16.8 Å². The van der Waals surface area contributed by atoms with Gasteiger partial charge in [-0.2, -0.15) is 0 Å². The van der Waals surface area contributed by atoms with Crippen molar-refractivity contribution in [1.82, 2.24) is 9.55 Å². The molecular weight excluding hydrogens is 274 g/mol. The predicted molar refractivity (Wildman–Crippen MR) is 80.0 cm³/mol. The third-order valence-electron chi connectivity index (χ3n) is 4.03. The first-order valence-corrected chi connectivity index (χ1v) is 7.12. The van der Waals surface area contributed by atoms with Gasteiger partial charge in [-0.05, 0) is 32.6 Å². The summed E-state index contributed by atoms with van der Waals surface area (Å²) in [6, 6.07) is 0.0480. The van der Waals surface area contributed by atoms with Crippen LogP contribution in [-0.2, 0) is 11.3 Å². The standard InChI is InChI=1S/C13H21N5O3/c1-2-18-10(14)9(12(20)17-13(18)21)16-8-5-3-7(4-6-8)11(15)19/h7-8,16H,2-6,14H2,1H3,(H2,15,19)(H,17,20,21). The summed E-state index contributed by atoms with van der Waals surface area (Å²) in [6.07, 6.45) is 2.85. The van der Waals surface area contributed by atoms with Crippen molar-refractivity contribution < 1.29 is 4.79 Å². The van der Waals surface area contributed by atoms with E-state index in [1.807, 2.05) is 0 Å². The third-order valence-corrected chi connectivity index (χ3v) is 4.03. The lowest BCUT2D eigenvalue weighted by Crippen LogP contribution is -2.37. The van der Waals surface area contributed by atoms with Gasteiger partial charge in [0.25, 0.3) is 5.56 Å². The number of amides is 1. The van der Waals surface area contributed by atoms with Crippen LogP contribution in [0.4, 0.5) is 11.5 Å². The summed E-state index contributed by atoms with van der Waals surface area (Å²) >= 11 is 0. The number of hydrogen-bond donors (Lipinski definition) is 4. The molecule has 0 unspecified atom stereocenters. The Morgan fingerprint density at radius 2 is 1.95 bits per heavy atom. The molecule has 0 spiro atoms. The molecule has 6 N–H and O–H groups in total. The van der Waals surface area contributed by atoms with E-state index in [0.29, 0.717) is 19.4 Å². The fraction of sp³-hybridized carbons (Fsp3) is 0.615. The minimum absolute atomic E-state index is 0.0480. The zero-order valence-electron chi connectivity index (χ0n) is 12.0. The summed E-state index contributed by atoms with van der Waals surface area (Å²) in [4.78, 5) is 36.9. The van der Waals surface area contributed by atoms with Gasteiger partial charge >= 0.3 is 5.69 Å². The van der Waals surface area contributed by atoms with Crippen molar-refractivity contribution in [2.45, 2.75) is 45.2 Å². The molecule has 21 heavy (non-hydrogen) atoms. The lowest BCUT2D eigenvalue weighted by Gasteiger charge is -2.28. The van der Waals surface area contributed by atoms with Crippen LogP contribution < -0.4 is 28.0 Å². The largest absolute Gasteiger partial charge is 0.383 e. The molecule has 8 nitrogen and oxygen atoms in total. The van der Waals surface area contributed by atoms with E-state index in [1.165, 1.54) is 4.57 Å². The molecular formula is C13H21N5O3. The van der Waals surface area contributed by atoms with E-state index in [9.17, 15) is 14.4 Å². The number of rotatable bonds is 4. The van der Waals surface area contributed by atoms with Crippen LogP contribution in [0.5, 0.6) is 0 Å². The Morgan fingerprint density at radius 1 is 1.33 bits per heavy atom. The molecule has 1 fully saturated rings. The predicted octanol–water partition coefficient (Wildman–Crippen LogP) is -0.405. The highest BCUT2D eigenvalue weighted by Crippen LogP contribution is 2.26. The van der Waals surface area contributed by atoms with Crippen molar-refractivity contribution in [3.63, 3.8) is 0 Å². The molecule has 1 aromatic rings. The van der Waals surface area contributed by atoms with E-state index in [2.05, 4.69) is 10.3 Å². The number of nitrogens with one attached hydrogen (secondary N) is 2. The van der Waals surface area contributed by atoms with Crippen molar-refractivity contribution in [2.24, 2.45) is 11.7 Å². The fourth-order valence-corrected chi connectivity index (χ4v) is 2.77. The number of nitrogens with zero attached hydrogens (tertiary/aromatic N) is 1. The molecule has 2 rings (SSSR count). The van der Waals surface area contributed by atoms with Crippen molar-refractivity contribution in [3.8, 4) is 0 Å². The average Bonchev–Trinajstić information content (AvgIpc) is 2.44. The maximum Gasteiger partial charge on any atom is 0.330 e. The van der Waals surface area contributed by atoms with Crippen molar-refractivity contribution in [3.05, 3.63) is 20.8 Å². The van der Waals surface area contributed by atoms with Gasteiger partial charge in [0.2, 0.25) is 5.91 Å². The highest BCUT2D eigenvalue weighted by Gasteiger charge is 2.25. The summed E-state index contributed by atoms with van der Waals surface area (Å²) in [7, 11) is 0. The van der Waals surface area contributed by atoms with Crippen LogP contribution in [0.1, 0.15) is 32.6 Å². The molecule has 0 aromatic carbocycles. The van der Waals surface area contributed by atoms with Gasteiger partial charge in [0, 0.05) is 18.5 Å². The molecule has 0 bridgehead atoms. The van der Waals surface area contributed by atoms with Crippen molar-refractivity contribution in [1.29, 1.82) is 0 Å². The second kappa shape index (κ2) is 6.02. The smallest absolute Gasteiger partial charge is 0.330 e. The molecule has 116 valence electrons. The molecule has 1 aliphatic rings. The number of nitrogens with two attached hydrogens (primary N) is 2. The second-order valence-electron chi connectivity index (χ2n) is 5.36. The number of anilines is 2. The number of aromatic nitrogens is 2. The quantitative estimate of drug-likeness (QED) is 0.599. The van der Waals surface area contributed by atoms with Gasteiger partial charge in [-0.1, -0.05) is 0 Å². The van der Waals surface area contributed by atoms with Crippen LogP contribution in [0.3, 0.4) is 0 Å². The molecule has 0 radical (unpaired) electrons.